The summed E-state index contributed by atoms with van der Waals surface area (Å²) in [6.07, 6.45) is 1.72. The van der Waals surface area contributed by atoms with Gasteiger partial charge < -0.3 is 34.3 Å². The van der Waals surface area contributed by atoms with Crippen LogP contribution in [0, 0.1) is 0 Å². The van der Waals surface area contributed by atoms with Crippen LogP contribution < -0.4 is 20.1 Å². The monoisotopic (exact) mass is 563 g/mol. The van der Waals surface area contributed by atoms with Crippen molar-refractivity contribution in [1.29, 1.82) is 0 Å². The topological polar surface area (TPSA) is 125 Å². The van der Waals surface area contributed by atoms with Gasteiger partial charge in [0.1, 0.15) is 13.2 Å². The van der Waals surface area contributed by atoms with Crippen LogP contribution in [0.2, 0.25) is 0 Å². The van der Waals surface area contributed by atoms with Gasteiger partial charge in [-0.3, -0.25) is 4.90 Å². The third kappa shape index (κ3) is 9.54. The maximum absolute atomic E-state index is 13.0. The molecular formula is C27H37N3O8S. The van der Waals surface area contributed by atoms with E-state index in [-0.39, 0.29) is 44.7 Å². The van der Waals surface area contributed by atoms with Crippen molar-refractivity contribution in [1.82, 2.24) is 15.5 Å². The second-order valence-electron chi connectivity index (χ2n) is 8.91. The van der Waals surface area contributed by atoms with E-state index in [4.69, 9.17) is 18.9 Å². The lowest BCUT2D eigenvalue weighted by Crippen LogP contribution is -2.46. The molecular weight excluding hydrogens is 526 g/mol. The SMILES string of the molecule is CCCC[C@@H](COC(=O)N(CCOC(=O)OC)Cc1cccs1)NC(=O)N[C@@H](CC)c1ccc2c(c1)OCO2. The third-order valence-corrected chi connectivity index (χ3v) is 6.96. The first-order chi connectivity index (χ1) is 18.9. The fourth-order valence-corrected chi connectivity index (χ4v) is 4.69. The number of unbranched alkanes of at least 4 members (excludes halogenated alkanes) is 1. The van der Waals surface area contributed by atoms with Crippen LogP contribution in [0.25, 0.3) is 0 Å². The van der Waals surface area contributed by atoms with Gasteiger partial charge in [0.25, 0.3) is 0 Å². The zero-order valence-corrected chi connectivity index (χ0v) is 23.4. The number of carbonyl (C=O) groups is 3. The van der Waals surface area contributed by atoms with Gasteiger partial charge in [-0.15, -0.1) is 11.3 Å². The molecule has 3 rings (SSSR count). The van der Waals surface area contributed by atoms with Crippen molar-refractivity contribution in [3.63, 3.8) is 0 Å². The van der Waals surface area contributed by atoms with Crippen LogP contribution in [0.4, 0.5) is 14.4 Å². The number of ether oxygens (including phenoxy) is 5. The van der Waals surface area contributed by atoms with E-state index in [1.807, 2.05) is 42.6 Å². The number of hydrogen-bond acceptors (Lipinski definition) is 9. The van der Waals surface area contributed by atoms with Crippen molar-refractivity contribution in [2.24, 2.45) is 0 Å². The summed E-state index contributed by atoms with van der Waals surface area (Å²) < 4.78 is 25.9. The summed E-state index contributed by atoms with van der Waals surface area (Å²) in [6.45, 7) is 4.63. The Labute approximate surface area is 232 Å². The van der Waals surface area contributed by atoms with Crippen molar-refractivity contribution in [2.75, 3.05) is 33.7 Å². The zero-order valence-electron chi connectivity index (χ0n) is 22.6. The molecule has 2 aromatic rings. The fourth-order valence-electron chi connectivity index (χ4n) is 3.97. The van der Waals surface area contributed by atoms with Gasteiger partial charge in [-0.05, 0) is 42.0 Å². The number of nitrogens with one attached hydrogen (secondary N) is 2. The van der Waals surface area contributed by atoms with E-state index in [0.29, 0.717) is 30.9 Å². The molecule has 2 atom stereocenters. The van der Waals surface area contributed by atoms with Gasteiger partial charge in [0, 0.05) is 4.88 Å². The molecule has 0 radical (unpaired) electrons. The van der Waals surface area contributed by atoms with Crippen LogP contribution in [0.3, 0.4) is 0 Å². The minimum absolute atomic E-state index is 0.00582. The molecule has 0 saturated heterocycles. The predicted octanol–water partition coefficient (Wildman–Crippen LogP) is 5.21. The Hall–Kier alpha value is -3.67. The van der Waals surface area contributed by atoms with Gasteiger partial charge >= 0.3 is 18.3 Å². The van der Waals surface area contributed by atoms with E-state index in [9.17, 15) is 14.4 Å². The highest BCUT2D eigenvalue weighted by atomic mass is 32.1. The molecule has 11 nitrogen and oxygen atoms in total. The number of nitrogens with zero attached hydrogens (tertiary/aromatic N) is 1. The fraction of sp³-hybridized carbons (Fsp3) is 0.519. The minimum Gasteiger partial charge on any atom is -0.454 e. The lowest BCUT2D eigenvalue weighted by molar-refractivity contribution is 0.0536. The van der Waals surface area contributed by atoms with Crippen LogP contribution in [0.1, 0.15) is 56.0 Å². The van der Waals surface area contributed by atoms with Crippen molar-refractivity contribution >= 4 is 29.6 Å². The first-order valence-electron chi connectivity index (χ1n) is 13.0. The van der Waals surface area contributed by atoms with Crippen molar-refractivity contribution in [3.05, 3.63) is 46.2 Å². The first kappa shape index (κ1) is 29.9. The van der Waals surface area contributed by atoms with Crippen LogP contribution in [-0.2, 0) is 20.8 Å². The maximum Gasteiger partial charge on any atom is 0.508 e. The molecule has 0 aliphatic carbocycles. The summed E-state index contributed by atoms with van der Waals surface area (Å²) in [5.41, 5.74) is 0.909. The van der Waals surface area contributed by atoms with Crippen LogP contribution >= 0.6 is 11.3 Å². The molecule has 0 saturated carbocycles. The van der Waals surface area contributed by atoms with Crippen LogP contribution in [-0.4, -0.2) is 62.9 Å². The van der Waals surface area contributed by atoms with Crippen molar-refractivity contribution in [2.45, 2.75) is 58.2 Å². The number of thiophene rings is 1. The molecule has 1 aromatic heterocycles. The Morgan fingerprint density at radius 3 is 2.64 bits per heavy atom. The molecule has 39 heavy (non-hydrogen) atoms. The second-order valence-corrected chi connectivity index (χ2v) is 9.94. The minimum atomic E-state index is -0.819. The lowest BCUT2D eigenvalue weighted by atomic mass is 10.0. The molecule has 0 fully saturated rings. The molecule has 1 aromatic carbocycles. The van der Waals surface area contributed by atoms with Crippen LogP contribution in [0.5, 0.6) is 11.5 Å². The molecule has 0 unspecified atom stereocenters. The lowest BCUT2D eigenvalue weighted by Gasteiger charge is -2.25. The molecule has 3 amide bonds. The van der Waals surface area contributed by atoms with E-state index in [0.717, 1.165) is 23.3 Å². The molecule has 214 valence electrons. The summed E-state index contributed by atoms with van der Waals surface area (Å²) in [7, 11) is 1.22. The number of rotatable bonds is 14. The number of hydrogen-bond donors (Lipinski definition) is 2. The number of urea groups is 1. The Morgan fingerprint density at radius 1 is 1.10 bits per heavy atom. The summed E-state index contributed by atoms with van der Waals surface area (Å²) in [5.74, 6) is 1.34. The number of methoxy groups -OCH3 is 1. The van der Waals surface area contributed by atoms with Gasteiger partial charge in [-0.2, -0.15) is 0 Å². The molecule has 0 bridgehead atoms. The summed E-state index contributed by atoms with van der Waals surface area (Å²) >= 11 is 1.51. The molecule has 2 heterocycles. The van der Waals surface area contributed by atoms with Crippen molar-refractivity contribution < 1.29 is 38.1 Å². The van der Waals surface area contributed by atoms with E-state index in [1.165, 1.54) is 23.3 Å². The highest BCUT2D eigenvalue weighted by Gasteiger charge is 2.22. The number of fused-ring (bicyclic) bond motifs is 1. The Morgan fingerprint density at radius 2 is 1.92 bits per heavy atom. The van der Waals surface area contributed by atoms with E-state index >= 15 is 0 Å². The first-order valence-corrected chi connectivity index (χ1v) is 13.9. The third-order valence-electron chi connectivity index (χ3n) is 6.09. The van der Waals surface area contributed by atoms with E-state index in [2.05, 4.69) is 22.3 Å². The van der Waals surface area contributed by atoms with E-state index < -0.39 is 12.2 Å². The van der Waals surface area contributed by atoms with Gasteiger partial charge in [-0.25, -0.2) is 14.4 Å². The molecule has 12 heteroatoms. The van der Waals surface area contributed by atoms with Gasteiger partial charge in [-0.1, -0.05) is 38.8 Å². The Bertz CT molecular complexity index is 1070. The second kappa shape index (κ2) is 15.7. The number of benzene rings is 1. The van der Waals surface area contributed by atoms with Gasteiger partial charge in [0.2, 0.25) is 6.79 Å². The van der Waals surface area contributed by atoms with E-state index in [1.54, 1.807) is 0 Å². The summed E-state index contributed by atoms with van der Waals surface area (Å²) in [5, 5.41) is 7.88. The van der Waals surface area contributed by atoms with Gasteiger partial charge in [0.05, 0.1) is 32.3 Å². The van der Waals surface area contributed by atoms with Crippen molar-refractivity contribution in [3.8, 4) is 11.5 Å². The molecule has 1 aliphatic rings. The zero-order chi connectivity index (χ0) is 28.0. The largest absolute Gasteiger partial charge is 0.508 e. The predicted molar refractivity (Wildman–Crippen MR) is 145 cm³/mol. The standard InChI is InChI=1S/C27H37N3O8S/c1-4-6-8-20(28-25(31)29-22(5-2)19-10-11-23-24(15-19)38-18-37-23)17-36-26(32)30(12-13-35-27(33)34-3)16-21-9-7-14-39-21/h7,9-11,14-15,20,22H,4-6,8,12-13,16-18H2,1-3H3,(H2,28,29,31)/t20-,22-/m0/s1. The van der Waals surface area contributed by atoms with Gasteiger partial charge in [0.15, 0.2) is 11.5 Å². The highest BCUT2D eigenvalue weighted by molar-refractivity contribution is 7.09. The Kier molecular flexibility index (Phi) is 12.0. The Balaban J connectivity index is 1.56. The molecule has 0 spiro atoms. The average molecular weight is 564 g/mol. The summed E-state index contributed by atoms with van der Waals surface area (Å²) in [6, 6.07) is 8.46. The smallest absolute Gasteiger partial charge is 0.454 e. The number of amides is 3. The normalized spacial score (nSPS) is 13.2. The van der Waals surface area contributed by atoms with Crippen LogP contribution in [0.15, 0.2) is 35.7 Å². The molecule has 1 aliphatic heterocycles. The summed E-state index contributed by atoms with van der Waals surface area (Å²) in [4.78, 5) is 39.6. The average Bonchev–Trinajstić information content (AvgIpc) is 3.64. The maximum atomic E-state index is 13.0. The highest BCUT2D eigenvalue weighted by Crippen LogP contribution is 2.34. The molecule has 2 N–H and O–H groups in total. The quantitative estimate of drug-likeness (QED) is 0.300. The number of carbonyl (C=O) groups excluding carboxylic acids is 3.